The lowest BCUT2D eigenvalue weighted by Gasteiger charge is -2.06. The Hall–Kier alpha value is -4.15. The Morgan fingerprint density at radius 1 is 0.853 bits per heavy atom. The molecule has 1 aromatic heterocycles. The zero-order valence-corrected chi connectivity index (χ0v) is 19.8. The van der Waals surface area contributed by atoms with Crippen LogP contribution in [0.5, 0.6) is 11.5 Å². The molecule has 7 heteroatoms. The molecule has 0 bridgehead atoms. The van der Waals surface area contributed by atoms with Crippen LogP contribution in [0.3, 0.4) is 0 Å². The second kappa shape index (κ2) is 9.77. The zero-order chi connectivity index (χ0) is 24.1. The second-order valence-corrected chi connectivity index (χ2v) is 9.78. The highest BCUT2D eigenvalue weighted by atomic mass is 32.2. The van der Waals surface area contributed by atoms with E-state index in [0.29, 0.717) is 16.2 Å². The second-order valence-electron chi connectivity index (χ2n) is 7.52. The summed E-state index contributed by atoms with van der Waals surface area (Å²) in [6.07, 6.45) is 4.38. The summed E-state index contributed by atoms with van der Waals surface area (Å²) >= 11 is 0. The molecule has 1 unspecified atom stereocenters. The first-order valence-corrected chi connectivity index (χ1v) is 12.3. The molecular formula is C27H22N2O4S. The van der Waals surface area contributed by atoms with Crippen LogP contribution < -0.4 is 9.47 Å². The molecule has 1 amide bonds. The largest absolute Gasteiger partial charge is 0.497 e. The molecule has 0 fully saturated rings. The molecule has 0 N–H and O–H groups in total. The summed E-state index contributed by atoms with van der Waals surface area (Å²) in [7, 11) is 0.196. The van der Waals surface area contributed by atoms with Gasteiger partial charge in [-0.25, -0.2) is 4.21 Å². The molecule has 34 heavy (non-hydrogen) atoms. The number of pyridine rings is 1. The van der Waals surface area contributed by atoms with E-state index >= 15 is 0 Å². The van der Waals surface area contributed by atoms with E-state index < -0.39 is 15.6 Å². The van der Waals surface area contributed by atoms with E-state index in [9.17, 15) is 9.00 Å². The van der Waals surface area contributed by atoms with E-state index in [4.69, 9.17) is 9.47 Å². The number of methoxy groups -OCH3 is 2. The Kier molecular flexibility index (Phi) is 6.62. The predicted molar refractivity (Wildman–Crippen MR) is 133 cm³/mol. The smallest absolute Gasteiger partial charge is 0.286 e. The molecule has 0 saturated carbocycles. The minimum Gasteiger partial charge on any atom is -0.497 e. The topological polar surface area (TPSA) is 77.9 Å². The maximum atomic E-state index is 13.1. The van der Waals surface area contributed by atoms with Gasteiger partial charge in [0.1, 0.15) is 11.5 Å². The van der Waals surface area contributed by atoms with E-state index in [-0.39, 0.29) is 5.56 Å². The number of carbonyl (C=O) groups excluding carboxylic acids is 1. The summed E-state index contributed by atoms with van der Waals surface area (Å²) in [5.41, 5.74) is 1.60. The Morgan fingerprint density at radius 3 is 2.35 bits per heavy atom. The summed E-state index contributed by atoms with van der Waals surface area (Å²) in [6, 6.07) is 20.0. The van der Waals surface area contributed by atoms with Gasteiger partial charge in [0, 0.05) is 29.8 Å². The van der Waals surface area contributed by atoms with Crippen molar-refractivity contribution >= 4 is 26.4 Å². The van der Waals surface area contributed by atoms with Crippen LogP contribution in [0.4, 0.5) is 0 Å². The molecule has 4 rings (SSSR count). The van der Waals surface area contributed by atoms with Crippen LogP contribution in [0.1, 0.15) is 21.5 Å². The van der Waals surface area contributed by atoms with Crippen molar-refractivity contribution in [2.75, 3.05) is 20.5 Å². The van der Waals surface area contributed by atoms with Gasteiger partial charge in [-0.2, -0.15) is 4.36 Å². The molecule has 1 atom stereocenters. The summed E-state index contributed by atoms with van der Waals surface area (Å²) in [6.45, 7) is 0. The molecular weight excluding hydrogens is 448 g/mol. The molecule has 0 spiro atoms. The van der Waals surface area contributed by atoms with Crippen LogP contribution in [-0.2, 0) is 9.73 Å². The Morgan fingerprint density at radius 2 is 1.56 bits per heavy atom. The van der Waals surface area contributed by atoms with Crippen molar-refractivity contribution in [3.63, 3.8) is 0 Å². The van der Waals surface area contributed by atoms with Gasteiger partial charge in [0.15, 0.2) is 0 Å². The normalized spacial score (nSPS) is 12.2. The SMILES string of the molecule is COc1cccc(S(C)(=O)=NC(=O)c2cncc(C#Cc3ccc4cc(OC)ccc4c3)c2)c1. The van der Waals surface area contributed by atoms with Gasteiger partial charge in [0.05, 0.1) is 34.4 Å². The Balaban J connectivity index is 1.59. The number of aromatic nitrogens is 1. The number of carbonyl (C=O) groups is 1. The Bertz CT molecular complexity index is 1570. The highest BCUT2D eigenvalue weighted by Crippen LogP contribution is 2.22. The van der Waals surface area contributed by atoms with Crippen LogP contribution in [0, 0.1) is 11.8 Å². The van der Waals surface area contributed by atoms with Gasteiger partial charge in [-0.15, -0.1) is 0 Å². The molecule has 0 aliphatic carbocycles. The third-order valence-electron chi connectivity index (χ3n) is 5.12. The average molecular weight is 471 g/mol. The minimum absolute atomic E-state index is 0.217. The molecule has 0 aliphatic heterocycles. The summed E-state index contributed by atoms with van der Waals surface area (Å²) in [5.74, 6) is 6.86. The number of rotatable bonds is 4. The lowest BCUT2D eigenvalue weighted by Crippen LogP contribution is -2.05. The molecule has 3 aromatic carbocycles. The molecule has 0 aliphatic rings. The van der Waals surface area contributed by atoms with E-state index in [1.54, 1.807) is 43.6 Å². The lowest BCUT2D eigenvalue weighted by molar-refractivity contribution is 0.100. The van der Waals surface area contributed by atoms with Gasteiger partial charge in [-0.05, 0) is 59.3 Å². The minimum atomic E-state index is -2.96. The third kappa shape index (κ3) is 5.25. The fourth-order valence-electron chi connectivity index (χ4n) is 3.30. The first-order valence-electron chi connectivity index (χ1n) is 10.3. The molecule has 0 radical (unpaired) electrons. The van der Waals surface area contributed by atoms with Gasteiger partial charge in [0.25, 0.3) is 5.91 Å². The summed E-state index contributed by atoms with van der Waals surface area (Å²) < 4.78 is 27.5. The molecule has 4 aromatic rings. The number of hydrogen-bond acceptors (Lipinski definition) is 5. The van der Waals surface area contributed by atoms with Gasteiger partial charge >= 0.3 is 0 Å². The molecule has 6 nitrogen and oxygen atoms in total. The van der Waals surface area contributed by atoms with Crippen molar-refractivity contribution in [1.29, 1.82) is 0 Å². The number of benzene rings is 3. The monoisotopic (exact) mass is 470 g/mol. The highest BCUT2D eigenvalue weighted by molar-refractivity contribution is 7.93. The molecule has 0 saturated heterocycles. The first-order chi connectivity index (χ1) is 16.4. The zero-order valence-electron chi connectivity index (χ0n) is 18.9. The number of amides is 1. The van der Waals surface area contributed by atoms with E-state index in [1.165, 1.54) is 19.6 Å². The van der Waals surface area contributed by atoms with Crippen LogP contribution in [0.15, 0.2) is 88.4 Å². The molecule has 170 valence electrons. The molecule has 1 heterocycles. The van der Waals surface area contributed by atoms with Crippen molar-refractivity contribution in [3.05, 3.63) is 95.8 Å². The van der Waals surface area contributed by atoms with Gasteiger partial charge in [-0.1, -0.05) is 30.0 Å². The fourth-order valence-corrected chi connectivity index (χ4v) is 4.49. The predicted octanol–water partition coefficient (Wildman–Crippen LogP) is 4.95. The van der Waals surface area contributed by atoms with Crippen LogP contribution >= 0.6 is 0 Å². The maximum absolute atomic E-state index is 13.1. The fraction of sp³-hybridized carbons (Fsp3) is 0.111. The maximum Gasteiger partial charge on any atom is 0.286 e. The van der Waals surface area contributed by atoms with E-state index in [0.717, 1.165) is 22.1 Å². The van der Waals surface area contributed by atoms with Gasteiger partial charge in [-0.3, -0.25) is 9.78 Å². The van der Waals surface area contributed by atoms with E-state index in [2.05, 4.69) is 21.2 Å². The van der Waals surface area contributed by atoms with Gasteiger partial charge < -0.3 is 9.47 Å². The first kappa shape index (κ1) is 23.0. The van der Waals surface area contributed by atoms with Crippen molar-refractivity contribution in [2.45, 2.75) is 4.90 Å². The van der Waals surface area contributed by atoms with Crippen molar-refractivity contribution in [3.8, 4) is 23.3 Å². The number of hydrogen-bond donors (Lipinski definition) is 0. The highest BCUT2D eigenvalue weighted by Gasteiger charge is 2.13. The lowest BCUT2D eigenvalue weighted by atomic mass is 10.1. The quantitative estimate of drug-likeness (QED) is 0.395. The van der Waals surface area contributed by atoms with Crippen LogP contribution in [-0.4, -0.2) is 35.6 Å². The van der Waals surface area contributed by atoms with Crippen LogP contribution in [0.2, 0.25) is 0 Å². The van der Waals surface area contributed by atoms with Crippen molar-refractivity contribution in [1.82, 2.24) is 4.98 Å². The van der Waals surface area contributed by atoms with Gasteiger partial charge in [0.2, 0.25) is 0 Å². The Labute approximate surface area is 198 Å². The third-order valence-corrected chi connectivity index (χ3v) is 6.76. The van der Waals surface area contributed by atoms with E-state index in [1.807, 2.05) is 36.4 Å². The standard InChI is InChI=1S/C27H22N2O4S/c1-32-24-5-4-6-26(16-24)34(3,31)29-27(30)23-14-20(17-28-18-23)8-7-19-9-10-22-15-25(33-2)12-11-21(22)13-19/h4-6,9-18H,1-3H3. The summed E-state index contributed by atoms with van der Waals surface area (Å²) in [5, 5.41) is 2.10. The van der Waals surface area contributed by atoms with Crippen molar-refractivity contribution < 1.29 is 18.5 Å². The number of nitrogens with zero attached hydrogens (tertiary/aromatic N) is 2. The average Bonchev–Trinajstić information content (AvgIpc) is 2.87. The van der Waals surface area contributed by atoms with Crippen molar-refractivity contribution in [2.24, 2.45) is 4.36 Å². The number of ether oxygens (including phenoxy) is 2. The summed E-state index contributed by atoms with van der Waals surface area (Å²) in [4.78, 5) is 17.3. The van der Waals surface area contributed by atoms with Crippen LogP contribution in [0.25, 0.3) is 10.8 Å². The number of fused-ring (bicyclic) bond motifs is 1.